The number of rotatable bonds is 4. The topological polar surface area (TPSA) is 105 Å². The molecule has 0 bridgehead atoms. The van der Waals surface area contributed by atoms with E-state index < -0.39 is 15.6 Å². The molecule has 0 atom stereocenters. The summed E-state index contributed by atoms with van der Waals surface area (Å²) in [6, 6.07) is 4.79. The standard InChI is InChI=1S/C19H29N3O5S/c1-13-6-7-15(12-16(13)28(25,26)20-5)21-17(23)14-8-10-22(11-9-14)18(24)27-19(2,3)4/h6-7,12,14,20H,8-11H2,1-5H3,(H,21,23). The number of carbonyl (C=O) groups excluding carboxylic acids is 2. The molecule has 1 saturated heterocycles. The fraction of sp³-hybridized carbons (Fsp3) is 0.579. The molecule has 1 heterocycles. The van der Waals surface area contributed by atoms with Crippen molar-refractivity contribution in [2.75, 3.05) is 25.5 Å². The zero-order valence-corrected chi connectivity index (χ0v) is 17.9. The van der Waals surface area contributed by atoms with Crippen molar-refractivity contribution < 1.29 is 22.7 Å². The average Bonchev–Trinajstić information content (AvgIpc) is 2.61. The van der Waals surface area contributed by atoms with Gasteiger partial charge in [-0.1, -0.05) is 6.07 Å². The Kier molecular flexibility index (Phi) is 6.71. The van der Waals surface area contributed by atoms with Crippen molar-refractivity contribution in [2.45, 2.75) is 51.0 Å². The first kappa shape index (κ1) is 22.2. The monoisotopic (exact) mass is 411 g/mol. The van der Waals surface area contributed by atoms with Crippen LogP contribution in [-0.2, 0) is 19.6 Å². The van der Waals surface area contributed by atoms with E-state index in [0.717, 1.165) is 0 Å². The number of piperidine rings is 1. The molecule has 2 rings (SSSR count). The Hall–Kier alpha value is -2.13. The van der Waals surface area contributed by atoms with Gasteiger partial charge in [-0.3, -0.25) is 4.79 Å². The third kappa shape index (κ3) is 5.68. The van der Waals surface area contributed by atoms with Gasteiger partial charge in [0.2, 0.25) is 15.9 Å². The van der Waals surface area contributed by atoms with Crippen LogP contribution in [0.1, 0.15) is 39.2 Å². The molecule has 1 aromatic rings. The second-order valence-corrected chi connectivity index (χ2v) is 9.77. The summed E-state index contributed by atoms with van der Waals surface area (Å²) in [7, 11) is -2.26. The molecule has 28 heavy (non-hydrogen) atoms. The molecule has 8 nitrogen and oxygen atoms in total. The smallest absolute Gasteiger partial charge is 0.410 e. The highest BCUT2D eigenvalue weighted by molar-refractivity contribution is 7.89. The summed E-state index contributed by atoms with van der Waals surface area (Å²) in [5, 5.41) is 2.79. The van der Waals surface area contributed by atoms with Gasteiger partial charge in [0.15, 0.2) is 0 Å². The largest absolute Gasteiger partial charge is 0.444 e. The van der Waals surface area contributed by atoms with E-state index in [4.69, 9.17) is 4.74 Å². The third-order valence-electron chi connectivity index (χ3n) is 4.53. The fourth-order valence-electron chi connectivity index (χ4n) is 2.97. The van der Waals surface area contributed by atoms with Gasteiger partial charge in [-0.15, -0.1) is 0 Å². The summed E-state index contributed by atoms with van der Waals surface area (Å²) in [5.41, 5.74) is 0.472. The van der Waals surface area contributed by atoms with Gasteiger partial charge in [-0.05, 0) is 65.3 Å². The van der Waals surface area contributed by atoms with Gasteiger partial charge in [0.05, 0.1) is 4.90 Å². The summed E-state index contributed by atoms with van der Waals surface area (Å²) in [5.74, 6) is -0.426. The Morgan fingerprint density at radius 2 is 1.79 bits per heavy atom. The quantitative estimate of drug-likeness (QED) is 0.792. The molecule has 0 saturated carbocycles. The summed E-state index contributed by atoms with van der Waals surface area (Å²) in [6.07, 6.45) is 0.684. The Labute approximate surface area is 166 Å². The van der Waals surface area contributed by atoms with Crippen molar-refractivity contribution in [3.63, 3.8) is 0 Å². The van der Waals surface area contributed by atoms with Gasteiger partial charge in [0.25, 0.3) is 0 Å². The normalized spacial score (nSPS) is 16.0. The summed E-state index contributed by atoms with van der Waals surface area (Å²) >= 11 is 0. The van der Waals surface area contributed by atoms with Gasteiger partial charge in [-0.25, -0.2) is 17.9 Å². The van der Waals surface area contributed by atoms with E-state index in [2.05, 4.69) is 10.0 Å². The first-order valence-electron chi connectivity index (χ1n) is 9.26. The van der Waals surface area contributed by atoms with Gasteiger partial charge >= 0.3 is 6.09 Å². The fourth-order valence-corrected chi connectivity index (χ4v) is 3.97. The highest BCUT2D eigenvalue weighted by Crippen LogP contribution is 2.24. The summed E-state index contributed by atoms with van der Waals surface area (Å²) in [4.78, 5) is 26.4. The number of likely N-dealkylation sites (tertiary alicyclic amines) is 1. The number of ether oxygens (including phenoxy) is 1. The zero-order valence-electron chi connectivity index (χ0n) is 17.0. The molecule has 0 aromatic heterocycles. The summed E-state index contributed by atoms with van der Waals surface area (Å²) in [6.45, 7) is 8.03. The molecule has 0 radical (unpaired) electrons. The van der Waals surface area contributed by atoms with E-state index in [-0.39, 0.29) is 22.8 Å². The van der Waals surface area contributed by atoms with Gasteiger partial charge in [0, 0.05) is 24.7 Å². The van der Waals surface area contributed by atoms with Gasteiger partial charge in [0.1, 0.15) is 5.60 Å². The summed E-state index contributed by atoms with van der Waals surface area (Å²) < 4.78 is 31.8. The molecule has 0 spiro atoms. The van der Waals surface area contributed by atoms with E-state index in [1.807, 2.05) is 20.8 Å². The second-order valence-electron chi connectivity index (χ2n) is 7.92. The molecular weight excluding hydrogens is 382 g/mol. The number of hydrogen-bond donors (Lipinski definition) is 2. The van der Waals surface area contributed by atoms with Crippen molar-refractivity contribution >= 4 is 27.7 Å². The SMILES string of the molecule is CNS(=O)(=O)c1cc(NC(=O)C2CCN(C(=O)OC(C)(C)C)CC2)ccc1C. The van der Waals surface area contributed by atoms with Crippen molar-refractivity contribution in [1.82, 2.24) is 9.62 Å². The molecule has 9 heteroatoms. The first-order valence-corrected chi connectivity index (χ1v) is 10.7. The number of sulfonamides is 1. The van der Waals surface area contributed by atoms with Crippen LogP contribution in [0.4, 0.5) is 10.5 Å². The molecule has 1 aliphatic heterocycles. The van der Waals surface area contributed by atoms with Crippen LogP contribution < -0.4 is 10.0 Å². The average molecular weight is 412 g/mol. The third-order valence-corrected chi connectivity index (χ3v) is 6.09. The Balaban J connectivity index is 1.98. The molecule has 0 aliphatic carbocycles. The van der Waals surface area contributed by atoms with E-state index in [0.29, 0.717) is 37.2 Å². The van der Waals surface area contributed by atoms with E-state index in [1.54, 1.807) is 24.0 Å². The van der Waals surface area contributed by atoms with Crippen LogP contribution in [0.3, 0.4) is 0 Å². The van der Waals surface area contributed by atoms with Crippen LogP contribution >= 0.6 is 0 Å². The number of hydrogen-bond acceptors (Lipinski definition) is 5. The van der Waals surface area contributed by atoms with Crippen LogP contribution in [0, 0.1) is 12.8 Å². The predicted octanol–water partition coefficient (Wildman–Crippen LogP) is 2.49. The molecule has 2 amide bonds. The minimum absolute atomic E-state index is 0.132. The van der Waals surface area contributed by atoms with Crippen LogP contribution in [0.15, 0.2) is 23.1 Å². The van der Waals surface area contributed by atoms with Crippen LogP contribution in [0.2, 0.25) is 0 Å². The molecule has 156 valence electrons. The highest BCUT2D eigenvalue weighted by atomic mass is 32.2. The number of aryl methyl sites for hydroxylation is 1. The van der Waals surface area contributed by atoms with Crippen molar-refractivity contribution in [1.29, 1.82) is 0 Å². The zero-order chi connectivity index (χ0) is 21.1. The van der Waals surface area contributed by atoms with E-state index in [1.165, 1.54) is 13.1 Å². The van der Waals surface area contributed by atoms with Crippen LogP contribution in [0.5, 0.6) is 0 Å². The van der Waals surface area contributed by atoms with Crippen molar-refractivity contribution in [3.8, 4) is 0 Å². The molecular formula is C19H29N3O5S. The van der Waals surface area contributed by atoms with E-state index in [9.17, 15) is 18.0 Å². The van der Waals surface area contributed by atoms with Crippen LogP contribution in [-0.4, -0.2) is 51.1 Å². The van der Waals surface area contributed by atoms with Crippen LogP contribution in [0.25, 0.3) is 0 Å². The maximum atomic E-state index is 12.6. The first-order chi connectivity index (χ1) is 12.9. The maximum Gasteiger partial charge on any atom is 0.410 e. The Bertz CT molecular complexity index is 838. The predicted molar refractivity (Wildman–Crippen MR) is 107 cm³/mol. The minimum atomic E-state index is -3.60. The van der Waals surface area contributed by atoms with E-state index >= 15 is 0 Å². The van der Waals surface area contributed by atoms with Gasteiger partial charge in [-0.2, -0.15) is 0 Å². The lowest BCUT2D eigenvalue weighted by molar-refractivity contribution is -0.121. The number of nitrogens with zero attached hydrogens (tertiary/aromatic N) is 1. The number of amides is 2. The minimum Gasteiger partial charge on any atom is -0.444 e. The lowest BCUT2D eigenvalue weighted by Gasteiger charge is -2.32. The Morgan fingerprint density at radius 3 is 2.32 bits per heavy atom. The second kappa shape index (κ2) is 8.48. The van der Waals surface area contributed by atoms with Gasteiger partial charge < -0.3 is 15.0 Å². The maximum absolute atomic E-state index is 12.6. The number of benzene rings is 1. The molecule has 0 unspecified atom stereocenters. The number of nitrogens with one attached hydrogen (secondary N) is 2. The molecule has 2 N–H and O–H groups in total. The number of carbonyl (C=O) groups is 2. The molecule has 1 aliphatic rings. The lowest BCUT2D eigenvalue weighted by Crippen LogP contribution is -2.43. The molecule has 1 aromatic carbocycles. The lowest BCUT2D eigenvalue weighted by atomic mass is 9.96. The van der Waals surface area contributed by atoms with Crippen molar-refractivity contribution in [2.24, 2.45) is 5.92 Å². The highest BCUT2D eigenvalue weighted by Gasteiger charge is 2.30. The Morgan fingerprint density at radius 1 is 1.18 bits per heavy atom. The van der Waals surface area contributed by atoms with Crippen molar-refractivity contribution in [3.05, 3.63) is 23.8 Å². The molecule has 1 fully saturated rings. The number of anilines is 1.